The van der Waals surface area contributed by atoms with Crippen LogP contribution in [0.4, 0.5) is 9.59 Å². The average Bonchev–Trinajstić information content (AvgIpc) is 2.95. The summed E-state index contributed by atoms with van der Waals surface area (Å²) in [6.45, 7) is 6.32. The number of nitrogens with two attached hydrogens (primary N) is 1. The standard InChI is InChI=1S/C18H27N3O4/c1-18(2,3)25-17(23)21-11-14(9-15(21)10-19)20-16(22)24-12-13-7-5-4-6-8-13/h4-8,14-15H,9-12,19H2,1-3H3,(H,20,22)/t14-,15-/m1/s1. The van der Waals surface area contributed by atoms with Gasteiger partial charge in [-0.05, 0) is 32.8 Å². The number of nitrogens with one attached hydrogen (secondary N) is 1. The minimum absolute atomic E-state index is 0.158. The van der Waals surface area contributed by atoms with Gasteiger partial charge in [0.1, 0.15) is 12.2 Å². The summed E-state index contributed by atoms with van der Waals surface area (Å²) < 4.78 is 10.6. The fourth-order valence-corrected chi connectivity index (χ4v) is 2.72. The van der Waals surface area contributed by atoms with E-state index in [1.807, 2.05) is 51.1 Å². The Kier molecular flexibility index (Phi) is 6.25. The molecule has 1 aromatic carbocycles. The van der Waals surface area contributed by atoms with Crippen molar-refractivity contribution in [3.63, 3.8) is 0 Å². The highest BCUT2D eigenvalue weighted by Gasteiger charge is 2.37. The van der Waals surface area contributed by atoms with Gasteiger partial charge in [-0.2, -0.15) is 0 Å². The Balaban J connectivity index is 1.84. The predicted molar refractivity (Wildman–Crippen MR) is 94.0 cm³/mol. The molecule has 1 heterocycles. The van der Waals surface area contributed by atoms with Gasteiger partial charge >= 0.3 is 12.2 Å². The largest absolute Gasteiger partial charge is 0.445 e. The maximum Gasteiger partial charge on any atom is 0.410 e. The molecule has 2 rings (SSSR count). The van der Waals surface area contributed by atoms with Gasteiger partial charge in [0.05, 0.1) is 6.04 Å². The first-order valence-corrected chi connectivity index (χ1v) is 8.45. The van der Waals surface area contributed by atoms with Crippen LogP contribution in [0.2, 0.25) is 0 Å². The van der Waals surface area contributed by atoms with E-state index in [9.17, 15) is 9.59 Å². The van der Waals surface area contributed by atoms with Gasteiger partial charge in [-0.25, -0.2) is 9.59 Å². The molecule has 1 aliphatic rings. The first-order chi connectivity index (χ1) is 11.8. The summed E-state index contributed by atoms with van der Waals surface area (Å²) in [5, 5.41) is 2.79. The van der Waals surface area contributed by atoms with Crippen molar-refractivity contribution < 1.29 is 19.1 Å². The molecule has 2 amide bonds. The van der Waals surface area contributed by atoms with Crippen LogP contribution in [-0.4, -0.2) is 47.9 Å². The van der Waals surface area contributed by atoms with E-state index in [-0.39, 0.29) is 18.7 Å². The number of hydrogen-bond acceptors (Lipinski definition) is 5. The fraction of sp³-hybridized carbons (Fsp3) is 0.556. The molecule has 3 N–H and O–H groups in total. The Labute approximate surface area is 148 Å². The van der Waals surface area contributed by atoms with Gasteiger partial charge in [0, 0.05) is 19.1 Å². The van der Waals surface area contributed by atoms with E-state index in [4.69, 9.17) is 15.2 Å². The van der Waals surface area contributed by atoms with Crippen molar-refractivity contribution >= 4 is 12.2 Å². The molecule has 0 bridgehead atoms. The van der Waals surface area contributed by atoms with Crippen LogP contribution in [0.15, 0.2) is 30.3 Å². The van der Waals surface area contributed by atoms with Gasteiger partial charge in [0.2, 0.25) is 0 Å². The minimum Gasteiger partial charge on any atom is -0.445 e. The Morgan fingerprint density at radius 1 is 1.28 bits per heavy atom. The lowest BCUT2D eigenvalue weighted by Gasteiger charge is -2.27. The van der Waals surface area contributed by atoms with E-state index in [0.29, 0.717) is 19.5 Å². The third-order valence-corrected chi connectivity index (χ3v) is 3.85. The lowest BCUT2D eigenvalue weighted by Crippen LogP contribution is -2.43. The van der Waals surface area contributed by atoms with Gasteiger partial charge in [0.25, 0.3) is 0 Å². The normalized spacial score (nSPS) is 20.2. The van der Waals surface area contributed by atoms with E-state index in [1.165, 1.54) is 0 Å². The molecule has 25 heavy (non-hydrogen) atoms. The number of carbonyl (C=O) groups is 2. The molecule has 0 aliphatic carbocycles. The van der Waals surface area contributed by atoms with Crippen molar-refractivity contribution in [1.29, 1.82) is 0 Å². The van der Waals surface area contributed by atoms with Gasteiger partial charge in [-0.1, -0.05) is 30.3 Å². The van der Waals surface area contributed by atoms with Crippen molar-refractivity contribution in [2.24, 2.45) is 5.73 Å². The van der Waals surface area contributed by atoms with E-state index >= 15 is 0 Å². The Bertz CT molecular complexity index is 586. The second-order valence-electron chi connectivity index (χ2n) is 7.16. The molecule has 1 saturated heterocycles. The Hall–Kier alpha value is -2.28. The highest BCUT2D eigenvalue weighted by atomic mass is 16.6. The van der Waals surface area contributed by atoms with Crippen molar-refractivity contribution in [1.82, 2.24) is 10.2 Å². The van der Waals surface area contributed by atoms with Crippen LogP contribution in [0.25, 0.3) is 0 Å². The zero-order valence-electron chi connectivity index (χ0n) is 15.0. The zero-order valence-corrected chi connectivity index (χ0v) is 15.0. The number of nitrogens with zero attached hydrogens (tertiary/aromatic N) is 1. The predicted octanol–water partition coefficient (Wildman–Crippen LogP) is 2.25. The first kappa shape index (κ1) is 19.1. The van der Waals surface area contributed by atoms with E-state index in [1.54, 1.807) is 4.90 Å². The number of rotatable bonds is 4. The number of benzene rings is 1. The molecule has 1 aromatic rings. The topological polar surface area (TPSA) is 93.9 Å². The highest BCUT2D eigenvalue weighted by molar-refractivity contribution is 5.70. The van der Waals surface area contributed by atoms with Crippen LogP contribution < -0.4 is 11.1 Å². The van der Waals surface area contributed by atoms with Gasteiger partial charge in [-0.15, -0.1) is 0 Å². The number of amides is 2. The maximum atomic E-state index is 12.3. The first-order valence-electron chi connectivity index (χ1n) is 8.45. The number of carbonyl (C=O) groups excluding carboxylic acids is 2. The fourth-order valence-electron chi connectivity index (χ4n) is 2.72. The van der Waals surface area contributed by atoms with Crippen LogP contribution in [0.1, 0.15) is 32.8 Å². The molecule has 2 atom stereocenters. The SMILES string of the molecule is CC(C)(C)OC(=O)N1C[C@H](NC(=O)OCc2ccccc2)C[C@@H]1CN. The maximum absolute atomic E-state index is 12.3. The third-order valence-electron chi connectivity index (χ3n) is 3.85. The highest BCUT2D eigenvalue weighted by Crippen LogP contribution is 2.21. The van der Waals surface area contributed by atoms with Crippen molar-refractivity contribution in [3.8, 4) is 0 Å². The molecule has 0 unspecified atom stereocenters. The zero-order chi connectivity index (χ0) is 18.4. The number of alkyl carbamates (subject to hydrolysis) is 1. The van der Waals surface area contributed by atoms with Crippen LogP contribution in [0, 0.1) is 0 Å². The van der Waals surface area contributed by atoms with Crippen molar-refractivity contribution in [2.75, 3.05) is 13.1 Å². The van der Waals surface area contributed by atoms with Crippen molar-refractivity contribution in [2.45, 2.75) is 51.5 Å². The lowest BCUT2D eigenvalue weighted by atomic mass is 10.2. The molecule has 0 spiro atoms. The van der Waals surface area contributed by atoms with E-state index in [0.717, 1.165) is 5.56 Å². The monoisotopic (exact) mass is 349 g/mol. The Morgan fingerprint density at radius 3 is 2.56 bits per heavy atom. The summed E-state index contributed by atoms with van der Waals surface area (Å²) >= 11 is 0. The summed E-state index contributed by atoms with van der Waals surface area (Å²) in [6.07, 6.45) is -0.337. The molecular formula is C18H27N3O4. The average molecular weight is 349 g/mol. The van der Waals surface area contributed by atoms with Crippen LogP contribution in [0.3, 0.4) is 0 Å². The summed E-state index contributed by atoms with van der Waals surface area (Å²) in [6, 6.07) is 9.09. The summed E-state index contributed by atoms with van der Waals surface area (Å²) in [5.41, 5.74) is 6.10. The molecule has 138 valence electrons. The summed E-state index contributed by atoms with van der Waals surface area (Å²) in [4.78, 5) is 25.8. The molecule has 7 heteroatoms. The van der Waals surface area contributed by atoms with E-state index < -0.39 is 17.8 Å². The molecule has 0 saturated carbocycles. The smallest absolute Gasteiger partial charge is 0.410 e. The second kappa shape index (κ2) is 8.20. The molecule has 7 nitrogen and oxygen atoms in total. The van der Waals surface area contributed by atoms with Gasteiger partial charge < -0.3 is 25.4 Å². The lowest BCUT2D eigenvalue weighted by molar-refractivity contribution is 0.0228. The van der Waals surface area contributed by atoms with Crippen LogP contribution in [0.5, 0.6) is 0 Å². The van der Waals surface area contributed by atoms with Crippen molar-refractivity contribution in [3.05, 3.63) is 35.9 Å². The molecule has 1 aliphatic heterocycles. The van der Waals surface area contributed by atoms with Gasteiger partial charge in [-0.3, -0.25) is 0 Å². The molecular weight excluding hydrogens is 322 g/mol. The second-order valence-corrected chi connectivity index (χ2v) is 7.16. The summed E-state index contributed by atoms with van der Waals surface area (Å²) in [7, 11) is 0. The number of ether oxygens (including phenoxy) is 2. The molecule has 0 aromatic heterocycles. The third kappa shape index (κ3) is 5.94. The quantitative estimate of drug-likeness (QED) is 0.869. The molecule has 0 radical (unpaired) electrons. The minimum atomic E-state index is -0.573. The van der Waals surface area contributed by atoms with Crippen LogP contribution >= 0.6 is 0 Å². The van der Waals surface area contributed by atoms with E-state index in [2.05, 4.69) is 5.32 Å². The molecule has 1 fully saturated rings. The van der Waals surface area contributed by atoms with Gasteiger partial charge in [0.15, 0.2) is 0 Å². The Morgan fingerprint density at radius 2 is 1.96 bits per heavy atom. The summed E-state index contributed by atoms with van der Waals surface area (Å²) in [5.74, 6) is 0. The number of hydrogen-bond donors (Lipinski definition) is 2. The van der Waals surface area contributed by atoms with Crippen LogP contribution in [-0.2, 0) is 16.1 Å². The number of likely N-dealkylation sites (tertiary alicyclic amines) is 1.